The Morgan fingerprint density at radius 1 is 1.29 bits per heavy atom. The zero-order valence-electron chi connectivity index (χ0n) is 15.6. The molecule has 10 heteroatoms. The third-order valence-corrected chi connectivity index (χ3v) is 6.04. The fraction of sp³-hybridized carbons (Fsp3) is 0.611. The molecular weight excluding hydrogens is 386 g/mol. The van der Waals surface area contributed by atoms with Gasteiger partial charge in [0.2, 0.25) is 6.79 Å². The molecule has 0 radical (unpaired) electrons. The molecule has 1 aromatic rings. The zero-order valence-corrected chi connectivity index (χ0v) is 16.3. The van der Waals surface area contributed by atoms with Crippen LogP contribution in [0.5, 0.6) is 11.5 Å². The lowest BCUT2D eigenvalue weighted by molar-refractivity contribution is -0.148. The maximum atomic E-state index is 11.7. The van der Waals surface area contributed by atoms with E-state index in [2.05, 4.69) is 5.32 Å². The standard InChI is InChI=1S/C18H26BClN2O6/c20-14-8-16-15(27-10-28-16)5-11(14)9-22-13-6-12(7-13)18(21,17(23)24)3-1-2-4-19(25)26/h5,8,12-13,22,25-26H,1-4,6-7,9-10,21H2,(H,23,24)/t12-,13+,18?. The number of rotatable bonds is 10. The van der Waals surface area contributed by atoms with E-state index in [4.69, 9.17) is 36.9 Å². The molecule has 6 N–H and O–H groups in total. The highest BCUT2D eigenvalue weighted by atomic mass is 35.5. The smallest absolute Gasteiger partial charge is 0.451 e. The third-order valence-electron chi connectivity index (χ3n) is 5.69. The quantitative estimate of drug-likeness (QED) is 0.287. The Bertz CT molecular complexity index is 716. The monoisotopic (exact) mass is 412 g/mol. The van der Waals surface area contributed by atoms with E-state index >= 15 is 0 Å². The summed E-state index contributed by atoms with van der Waals surface area (Å²) in [5.74, 6) is 0.196. The van der Waals surface area contributed by atoms with Gasteiger partial charge in [0.05, 0.1) is 0 Å². The predicted octanol–water partition coefficient (Wildman–Crippen LogP) is 1.36. The van der Waals surface area contributed by atoms with Crippen molar-refractivity contribution in [3.8, 4) is 11.5 Å². The topological polar surface area (TPSA) is 134 Å². The summed E-state index contributed by atoms with van der Waals surface area (Å²) >= 11 is 6.28. The Morgan fingerprint density at radius 2 is 1.96 bits per heavy atom. The molecule has 1 aromatic carbocycles. The number of carboxylic acid groups (broad SMARTS) is 1. The van der Waals surface area contributed by atoms with Crippen molar-refractivity contribution >= 4 is 24.7 Å². The van der Waals surface area contributed by atoms with Gasteiger partial charge in [0.1, 0.15) is 5.54 Å². The van der Waals surface area contributed by atoms with Crippen molar-refractivity contribution in [2.24, 2.45) is 11.7 Å². The number of hydrogen-bond donors (Lipinski definition) is 5. The number of hydrogen-bond acceptors (Lipinski definition) is 7. The number of nitrogens with one attached hydrogen (secondary N) is 1. The molecule has 0 amide bonds. The summed E-state index contributed by atoms with van der Waals surface area (Å²) < 4.78 is 10.7. The Kier molecular flexibility index (Phi) is 6.72. The van der Waals surface area contributed by atoms with Crippen LogP contribution in [0.25, 0.3) is 0 Å². The highest BCUT2D eigenvalue weighted by molar-refractivity contribution is 6.40. The van der Waals surface area contributed by atoms with Gasteiger partial charge < -0.3 is 35.7 Å². The van der Waals surface area contributed by atoms with Gasteiger partial charge in [0.25, 0.3) is 0 Å². The first-order chi connectivity index (χ1) is 13.3. The van der Waals surface area contributed by atoms with Gasteiger partial charge in [-0.25, -0.2) is 0 Å². The minimum atomic E-state index is -1.36. The van der Waals surface area contributed by atoms with Gasteiger partial charge >= 0.3 is 13.1 Å². The number of carbonyl (C=O) groups is 1. The van der Waals surface area contributed by atoms with Crippen LogP contribution in [-0.4, -0.2) is 46.6 Å². The first-order valence-corrected chi connectivity index (χ1v) is 9.87. The van der Waals surface area contributed by atoms with E-state index < -0.39 is 18.6 Å². The lowest BCUT2D eigenvalue weighted by Crippen LogP contribution is -2.61. The van der Waals surface area contributed by atoms with Crippen LogP contribution in [0.15, 0.2) is 12.1 Å². The predicted molar refractivity (Wildman–Crippen MR) is 104 cm³/mol. The summed E-state index contributed by atoms with van der Waals surface area (Å²) in [6.07, 6.45) is 2.96. The van der Waals surface area contributed by atoms with E-state index in [0.29, 0.717) is 55.2 Å². The van der Waals surface area contributed by atoms with Crippen LogP contribution < -0.4 is 20.5 Å². The van der Waals surface area contributed by atoms with Crippen molar-refractivity contribution < 1.29 is 29.4 Å². The molecule has 1 aliphatic heterocycles. The first kappa shape index (κ1) is 21.2. The summed E-state index contributed by atoms with van der Waals surface area (Å²) in [4.78, 5) is 11.7. The van der Waals surface area contributed by atoms with Crippen LogP contribution in [0.2, 0.25) is 11.3 Å². The second-order valence-corrected chi connectivity index (χ2v) is 8.02. The lowest BCUT2D eigenvalue weighted by atomic mass is 9.66. The summed E-state index contributed by atoms with van der Waals surface area (Å²) in [7, 11) is -1.36. The summed E-state index contributed by atoms with van der Waals surface area (Å²) in [5, 5.41) is 31.4. The summed E-state index contributed by atoms with van der Waals surface area (Å²) in [6, 6.07) is 3.77. The highest BCUT2D eigenvalue weighted by Gasteiger charge is 2.48. The molecule has 8 nitrogen and oxygen atoms in total. The molecule has 0 spiro atoms. The number of halogens is 1. The van der Waals surface area contributed by atoms with E-state index in [0.717, 1.165) is 5.56 Å². The number of nitrogens with two attached hydrogens (primary N) is 1. The Labute approximate surface area is 169 Å². The fourth-order valence-electron chi connectivity index (χ4n) is 3.78. The summed E-state index contributed by atoms with van der Waals surface area (Å²) in [5.41, 5.74) is 5.83. The van der Waals surface area contributed by atoms with Crippen LogP contribution in [0, 0.1) is 5.92 Å². The van der Waals surface area contributed by atoms with Gasteiger partial charge in [-0.15, -0.1) is 0 Å². The van der Waals surface area contributed by atoms with Crippen molar-refractivity contribution in [1.82, 2.24) is 5.32 Å². The number of fused-ring (bicyclic) bond motifs is 1. The van der Waals surface area contributed by atoms with Crippen LogP contribution in [-0.2, 0) is 11.3 Å². The van der Waals surface area contributed by atoms with Crippen molar-refractivity contribution in [3.05, 3.63) is 22.7 Å². The minimum absolute atomic E-state index is 0.117. The normalized spacial score (nSPS) is 22.4. The Balaban J connectivity index is 1.48. The van der Waals surface area contributed by atoms with E-state index in [1.54, 1.807) is 6.07 Å². The molecule has 1 fully saturated rings. The third kappa shape index (κ3) is 4.72. The molecule has 2 aliphatic rings. The number of aliphatic carboxylic acids is 1. The molecule has 0 bridgehead atoms. The second-order valence-electron chi connectivity index (χ2n) is 7.61. The zero-order chi connectivity index (χ0) is 20.3. The van der Waals surface area contributed by atoms with Crippen molar-refractivity contribution in [2.45, 2.75) is 56.5 Å². The van der Waals surface area contributed by atoms with Crippen LogP contribution >= 0.6 is 11.6 Å². The van der Waals surface area contributed by atoms with E-state index in [1.807, 2.05) is 6.07 Å². The summed E-state index contributed by atoms with van der Waals surface area (Å²) in [6.45, 7) is 0.740. The highest BCUT2D eigenvalue weighted by Crippen LogP contribution is 2.40. The molecule has 154 valence electrons. The average molecular weight is 413 g/mol. The molecule has 1 atom stereocenters. The van der Waals surface area contributed by atoms with Gasteiger partial charge in [-0.3, -0.25) is 4.79 Å². The molecule has 3 rings (SSSR count). The number of carboxylic acids is 1. The van der Waals surface area contributed by atoms with E-state index in [-0.39, 0.29) is 25.1 Å². The minimum Gasteiger partial charge on any atom is -0.480 e. The average Bonchev–Trinajstić information content (AvgIpc) is 3.04. The van der Waals surface area contributed by atoms with Gasteiger partial charge in [0.15, 0.2) is 11.5 Å². The first-order valence-electron chi connectivity index (χ1n) is 9.49. The maximum absolute atomic E-state index is 11.7. The number of benzene rings is 1. The van der Waals surface area contributed by atoms with E-state index in [9.17, 15) is 9.90 Å². The SMILES string of the molecule is NC(CCCCB(O)O)(C(=O)O)[C@H]1C[C@@H](NCc2cc3c(cc2Cl)OCO3)C1. The fourth-order valence-corrected chi connectivity index (χ4v) is 4.00. The molecule has 0 saturated heterocycles. The molecule has 1 unspecified atom stereocenters. The van der Waals surface area contributed by atoms with Gasteiger partial charge in [-0.2, -0.15) is 0 Å². The van der Waals surface area contributed by atoms with Crippen molar-refractivity contribution in [2.75, 3.05) is 6.79 Å². The van der Waals surface area contributed by atoms with Gasteiger partial charge in [-0.1, -0.05) is 24.4 Å². The molecule has 28 heavy (non-hydrogen) atoms. The molecule has 1 saturated carbocycles. The van der Waals surface area contributed by atoms with E-state index in [1.165, 1.54) is 0 Å². The maximum Gasteiger partial charge on any atom is 0.451 e. The van der Waals surface area contributed by atoms with Gasteiger partial charge in [0, 0.05) is 23.7 Å². The van der Waals surface area contributed by atoms with Crippen molar-refractivity contribution in [3.63, 3.8) is 0 Å². The molecule has 1 heterocycles. The lowest BCUT2D eigenvalue weighted by Gasteiger charge is -2.45. The Morgan fingerprint density at radius 3 is 2.61 bits per heavy atom. The Hall–Kier alpha value is -1.52. The van der Waals surface area contributed by atoms with Crippen LogP contribution in [0.3, 0.4) is 0 Å². The number of ether oxygens (including phenoxy) is 2. The van der Waals surface area contributed by atoms with Gasteiger partial charge in [-0.05, 0) is 43.1 Å². The molecular formula is C18H26BClN2O6. The van der Waals surface area contributed by atoms with Crippen LogP contribution in [0.4, 0.5) is 0 Å². The van der Waals surface area contributed by atoms with Crippen molar-refractivity contribution in [1.29, 1.82) is 0 Å². The second kappa shape index (κ2) is 8.88. The largest absolute Gasteiger partial charge is 0.480 e. The molecule has 1 aliphatic carbocycles. The van der Waals surface area contributed by atoms with Crippen LogP contribution in [0.1, 0.15) is 37.7 Å². The molecule has 0 aromatic heterocycles. The number of unbranched alkanes of at least 4 members (excludes halogenated alkanes) is 1.